The molecule has 1 unspecified atom stereocenters. The maximum absolute atomic E-state index is 14.6. The summed E-state index contributed by atoms with van der Waals surface area (Å²) < 4.78 is 57.3. The number of piperidine rings is 1. The zero-order valence-corrected chi connectivity index (χ0v) is 27.1. The monoisotopic (exact) mass is 657 g/mol. The van der Waals surface area contributed by atoms with Gasteiger partial charge in [-0.2, -0.15) is 0 Å². The molecule has 1 N–H and O–H groups in total. The predicted octanol–water partition coefficient (Wildman–Crippen LogP) is 4.02. The number of hydrogen-bond acceptors (Lipinski definition) is 11. The molecular weight excluding hydrogens is 616 g/mol. The molecule has 3 saturated heterocycles. The standard InChI is InChI=1S/C32H41F2N7O4S/c1-44-29-20-24(39-11-8-23(9-12-39)40-15-13-38(14-16-40)17-19-46(2,42)43)6-7-27(29)37-30-21-31(36-22-35-30)41-28(10-18-45-41)25-4-3-5-26(33)32(25)34/h3-7,20-23,28H,8-19H2,1-2H3,(H,35,36,37). The molecule has 6 rings (SSSR count). The second-order valence-electron chi connectivity index (χ2n) is 12.1. The van der Waals surface area contributed by atoms with Crippen LogP contribution in [0.5, 0.6) is 5.75 Å². The molecule has 3 aromatic rings. The molecule has 4 heterocycles. The van der Waals surface area contributed by atoms with E-state index in [1.807, 2.05) is 12.1 Å². The van der Waals surface area contributed by atoms with Crippen LogP contribution < -0.4 is 20.0 Å². The Morgan fingerprint density at radius 2 is 1.78 bits per heavy atom. The molecule has 11 nitrogen and oxygen atoms in total. The quantitative estimate of drug-likeness (QED) is 0.342. The zero-order chi connectivity index (χ0) is 32.3. The van der Waals surface area contributed by atoms with Gasteiger partial charge in [0.25, 0.3) is 0 Å². The second kappa shape index (κ2) is 14.0. The van der Waals surface area contributed by atoms with E-state index in [9.17, 15) is 17.2 Å². The van der Waals surface area contributed by atoms with Crippen LogP contribution in [0.4, 0.5) is 31.8 Å². The fraction of sp³-hybridized carbons (Fsp3) is 0.500. The Morgan fingerprint density at radius 3 is 2.52 bits per heavy atom. The molecule has 0 aliphatic carbocycles. The van der Waals surface area contributed by atoms with Crippen molar-refractivity contribution in [3.63, 3.8) is 0 Å². The fourth-order valence-electron chi connectivity index (χ4n) is 6.55. The second-order valence-corrected chi connectivity index (χ2v) is 14.4. The third-order valence-corrected chi connectivity index (χ3v) is 10.0. The van der Waals surface area contributed by atoms with Gasteiger partial charge in [0.1, 0.15) is 27.7 Å². The summed E-state index contributed by atoms with van der Waals surface area (Å²) in [5, 5.41) is 4.82. The van der Waals surface area contributed by atoms with Crippen LogP contribution in [0.3, 0.4) is 0 Å². The van der Waals surface area contributed by atoms with Crippen molar-refractivity contribution in [2.45, 2.75) is 31.3 Å². The number of hydroxylamine groups is 1. The number of anilines is 4. The molecule has 46 heavy (non-hydrogen) atoms. The first kappa shape index (κ1) is 32.4. The maximum Gasteiger partial charge on any atom is 0.164 e. The number of hydrogen-bond donors (Lipinski definition) is 1. The van der Waals surface area contributed by atoms with Crippen molar-refractivity contribution in [3.8, 4) is 5.75 Å². The van der Waals surface area contributed by atoms with Gasteiger partial charge < -0.3 is 15.0 Å². The van der Waals surface area contributed by atoms with Gasteiger partial charge in [0.2, 0.25) is 0 Å². The van der Waals surface area contributed by atoms with Crippen LogP contribution in [0.25, 0.3) is 0 Å². The lowest BCUT2D eigenvalue weighted by atomic mass is 10.0. The Bertz CT molecular complexity index is 1620. The van der Waals surface area contributed by atoms with E-state index >= 15 is 0 Å². The number of benzene rings is 2. The van der Waals surface area contributed by atoms with Crippen LogP contribution in [0, 0.1) is 11.6 Å². The minimum absolute atomic E-state index is 0.219. The molecule has 1 atom stereocenters. The van der Waals surface area contributed by atoms with Crippen LogP contribution in [0.2, 0.25) is 0 Å². The number of ether oxygens (including phenoxy) is 1. The highest BCUT2D eigenvalue weighted by Crippen LogP contribution is 2.37. The Labute approximate surface area is 269 Å². The van der Waals surface area contributed by atoms with Gasteiger partial charge in [-0.1, -0.05) is 12.1 Å². The SMILES string of the molecule is COc1cc(N2CCC(N3CCN(CCS(C)(=O)=O)CC3)CC2)ccc1Nc1cc(N2OCCC2c2cccc(F)c2F)ncn1. The van der Waals surface area contributed by atoms with E-state index in [4.69, 9.17) is 9.57 Å². The van der Waals surface area contributed by atoms with Crippen molar-refractivity contribution >= 4 is 32.8 Å². The highest BCUT2D eigenvalue weighted by Gasteiger charge is 2.32. The van der Waals surface area contributed by atoms with Crippen molar-refractivity contribution in [2.24, 2.45) is 0 Å². The summed E-state index contributed by atoms with van der Waals surface area (Å²) in [7, 11) is -1.31. The molecular formula is C32H41F2N7O4S. The Hall–Kier alpha value is -3.59. The minimum Gasteiger partial charge on any atom is -0.494 e. The van der Waals surface area contributed by atoms with Crippen molar-refractivity contribution < 1.29 is 26.8 Å². The van der Waals surface area contributed by atoms with Gasteiger partial charge in [0, 0.05) is 87.9 Å². The van der Waals surface area contributed by atoms with Crippen molar-refractivity contribution in [1.82, 2.24) is 19.8 Å². The van der Waals surface area contributed by atoms with Crippen molar-refractivity contribution in [2.75, 3.05) is 86.8 Å². The lowest BCUT2D eigenvalue weighted by Crippen LogP contribution is -2.53. The molecule has 0 saturated carbocycles. The third kappa shape index (κ3) is 7.51. The molecule has 0 spiro atoms. The minimum atomic E-state index is -2.94. The van der Waals surface area contributed by atoms with E-state index < -0.39 is 27.5 Å². The molecule has 3 fully saturated rings. The normalized spacial score (nSPS) is 20.3. The van der Waals surface area contributed by atoms with E-state index in [2.05, 4.69) is 36.1 Å². The molecule has 248 valence electrons. The first-order valence-electron chi connectivity index (χ1n) is 15.7. The number of rotatable bonds is 10. The van der Waals surface area contributed by atoms with Crippen LogP contribution in [-0.2, 0) is 14.7 Å². The van der Waals surface area contributed by atoms with Gasteiger partial charge in [-0.05, 0) is 31.0 Å². The van der Waals surface area contributed by atoms with E-state index in [1.165, 1.54) is 23.7 Å². The summed E-state index contributed by atoms with van der Waals surface area (Å²) in [4.78, 5) is 21.7. The topological polar surface area (TPSA) is 103 Å². The summed E-state index contributed by atoms with van der Waals surface area (Å²) >= 11 is 0. The molecule has 1 aromatic heterocycles. The Kier molecular flexibility index (Phi) is 9.87. The van der Waals surface area contributed by atoms with Gasteiger partial charge in [0.15, 0.2) is 17.5 Å². The Balaban J connectivity index is 1.06. The molecule has 0 radical (unpaired) electrons. The summed E-state index contributed by atoms with van der Waals surface area (Å²) in [6, 6.07) is 11.9. The van der Waals surface area contributed by atoms with E-state index in [0.29, 0.717) is 43.0 Å². The lowest BCUT2D eigenvalue weighted by Gasteiger charge is -2.43. The number of sulfone groups is 1. The summed E-state index contributed by atoms with van der Waals surface area (Å²) in [6.45, 7) is 6.60. The van der Waals surface area contributed by atoms with Crippen LogP contribution in [-0.4, -0.2) is 106 Å². The molecule has 3 aliphatic rings. The highest BCUT2D eigenvalue weighted by atomic mass is 32.2. The van der Waals surface area contributed by atoms with E-state index in [1.54, 1.807) is 19.2 Å². The van der Waals surface area contributed by atoms with Gasteiger partial charge in [0.05, 0.1) is 31.2 Å². The molecule has 14 heteroatoms. The number of nitrogens with zero attached hydrogens (tertiary/aromatic N) is 6. The first-order chi connectivity index (χ1) is 22.2. The fourth-order valence-corrected chi connectivity index (χ4v) is 7.14. The molecule has 0 bridgehead atoms. The number of piperazine rings is 1. The molecule has 3 aliphatic heterocycles. The third-order valence-electron chi connectivity index (χ3n) is 9.10. The zero-order valence-electron chi connectivity index (χ0n) is 26.2. The predicted molar refractivity (Wildman–Crippen MR) is 173 cm³/mol. The average Bonchev–Trinajstić information content (AvgIpc) is 3.55. The van der Waals surface area contributed by atoms with Gasteiger partial charge in [-0.15, -0.1) is 0 Å². The first-order valence-corrected chi connectivity index (χ1v) is 17.8. The maximum atomic E-state index is 14.6. The average molecular weight is 658 g/mol. The van der Waals surface area contributed by atoms with Gasteiger partial charge in [-0.25, -0.2) is 32.2 Å². The number of aromatic nitrogens is 2. The number of halogens is 2. The van der Waals surface area contributed by atoms with Crippen molar-refractivity contribution in [3.05, 3.63) is 66.0 Å². The summed E-state index contributed by atoms with van der Waals surface area (Å²) in [6.07, 6.45) is 5.32. The summed E-state index contributed by atoms with van der Waals surface area (Å²) in [5.74, 6) is 0.0405. The number of nitrogens with one attached hydrogen (secondary N) is 1. The van der Waals surface area contributed by atoms with E-state index in [0.717, 1.165) is 69.6 Å². The van der Waals surface area contributed by atoms with Crippen LogP contribution in [0.1, 0.15) is 30.9 Å². The summed E-state index contributed by atoms with van der Waals surface area (Å²) in [5.41, 5.74) is 2.03. The van der Waals surface area contributed by atoms with Gasteiger partial charge in [-0.3, -0.25) is 14.6 Å². The Morgan fingerprint density at radius 1 is 1.00 bits per heavy atom. The van der Waals surface area contributed by atoms with Gasteiger partial charge >= 0.3 is 0 Å². The van der Waals surface area contributed by atoms with E-state index in [-0.39, 0.29) is 11.3 Å². The smallest absolute Gasteiger partial charge is 0.164 e. The van der Waals surface area contributed by atoms with Crippen LogP contribution >= 0.6 is 0 Å². The van der Waals surface area contributed by atoms with Crippen molar-refractivity contribution in [1.29, 1.82) is 0 Å². The largest absolute Gasteiger partial charge is 0.494 e. The number of methoxy groups -OCH3 is 1. The molecule has 2 aromatic carbocycles. The highest BCUT2D eigenvalue weighted by molar-refractivity contribution is 7.90. The molecule has 0 amide bonds. The lowest BCUT2D eigenvalue weighted by molar-refractivity contribution is 0.0882. The van der Waals surface area contributed by atoms with Crippen LogP contribution in [0.15, 0.2) is 48.8 Å².